The molecule has 0 saturated carbocycles. The van der Waals surface area contributed by atoms with E-state index in [1.165, 1.54) is 13.2 Å². The molecule has 5 aliphatic rings. The van der Waals surface area contributed by atoms with E-state index in [4.69, 9.17) is 38.6 Å². The fourth-order valence-corrected chi connectivity index (χ4v) is 9.26. The number of hydrogen-bond acceptors (Lipinski definition) is 11. The van der Waals surface area contributed by atoms with Gasteiger partial charge in [-0.2, -0.15) is 9.97 Å². The Morgan fingerprint density at radius 2 is 1.92 bits per heavy atom. The number of alkyl halides is 1. The van der Waals surface area contributed by atoms with Crippen molar-refractivity contribution in [3.05, 3.63) is 42.2 Å². The first-order chi connectivity index (χ1) is 25.5. The van der Waals surface area contributed by atoms with E-state index in [2.05, 4.69) is 9.80 Å². The summed E-state index contributed by atoms with van der Waals surface area (Å²) in [6, 6.07) is 9.82. The number of nitrogens with zero attached hydrogens (tertiary/aromatic N) is 6. The Bertz CT molecular complexity index is 2100. The van der Waals surface area contributed by atoms with Crippen molar-refractivity contribution < 1.29 is 37.3 Å². The number of anilines is 1. The van der Waals surface area contributed by atoms with Crippen molar-refractivity contribution in [2.75, 3.05) is 51.7 Å². The monoisotopic (exact) mass is 730 g/mol. The number of amides is 1. The third kappa shape index (κ3) is 5.94. The molecule has 9 rings (SSSR count). The van der Waals surface area contributed by atoms with Gasteiger partial charge in [0, 0.05) is 37.6 Å². The number of hydrogen-bond donors (Lipinski definition) is 0. The van der Waals surface area contributed by atoms with Crippen molar-refractivity contribution in [3.8, 4) is 28.9 Å². The number of aromatic nitrogens is 3. The molecule has 0 unspecified atom stereocenters. The van der Waals surface area contributed by atoms with Crippen molar-refractivity contribution in [2.45, 2.75) is 88.3 Å². The molecule has 1 amide bonds. The first-order valence-electron chi connectivity index (χ1n) is 18.5. The molecule has 14 heteroatoms. The fraction of sp³-hybridized carbons (Fsp3) is 0.538. The van der Waals surface area contributed by atoms with Crippen molar-refractivity contribution in [3.63, 3.8) is 0 Å². The summed E-state index contributed by atoms with van der Waals surface area (Å²) in [5, 5.41) is 1.62. The largest absolute Gasteiger partial charge is 0.475 e. The van der Waals surface area contributed by atoms with Gasteiger partial charge in [-0.3, -0.25) is 9.80 Å². The lowest BCUT2D eigenvalue weighted by Crippen LogP contribution is -2.63. The number of carbonyl (C=O) groups excluding carboxylic acids is 1. The summed E-state index contributed by atoms with van der Waals surface area (Å²) in [7, 11) is 1.53. The SMILES string of the molecule is COCOc1cc(-c2cc3nc(OC[C@@]45CCCN4C[C@H](F)C5)nc4c3c(n2)OC[C@@H]2[C@@H]3CC[C@H](CN42)N3C(=O)OC(C)(C)C)c2c(F)cccc2c1. The van der Waals surface area contributed by atoms with Crippen LogP contribution in [0, 0.1) is 5.82 Å². The van der Waals surface area contributed by atoms with Gasteiger partial charge in [-0.25, -0.2) is 18.6 Å². The summed E-state index contributed by atoms with van der Waals surface area (Å²) < 4.78 is 60.2. The van der Waals surface area contributed by atoms with Crippen LogP contribution in [0.5, 0.6) is 17.6 Å². The smallest absolute Gasteiger partial charge is 0.410 e. The molecule has 0 radical (unpaired) electrons. The lowest BCUT2D eigenvalue weighted by molar-refractivity contribution is 0.00537. The second-order valence-electron chi connectivity index (χ2n) is 16.0. The molecule has 2 bridgehead atoms. The molecular formula is C39H44F2N6O6. The molecule has 0 N–H and O–H groups in total. The minimum absolute atomic E-state index is 0.0127. The van der Waals surface area contributed by atoms with Gasteiger partial charge in [-0.15, -0.1) is 0 Å². The van der Waals surface area contributed by atoms with Crippen LogP contribution in [0.15, 0.2) is 36.4 Å². The van der Waals surface area contributed by atoms with Crippen LogP contribution in [0.25, 0.3) is 32.9 Å². The number of carbonyl (C=O) groups is 1. The molecule has 0 aliphatic carbocycles. The van der Waals surface area contributed by atoms with Crippen LogP contribution in [0.4, 0.5) is 19.4 Å². The zero-order chi connectivity index (χ0) is 36.6. The van der Waals surface area contributed by atoms with E-state index in [1.54, 1.807) is 24.3 Å². The van der Waals surface area contributed by atoms with E-state index in [-0.39, 0.29) is 50.2 Å². The Balaban J connectivity index is 1.17. The fourth-order valence-electron chi connectivity index (χ4n) is 9.26. The van der Waals surface area contributed by atoms with Gasteiger partial charge in [0.2, 0.25) is 5.88 Å². The molecule has 12 nitrogen and oxygen atoms in total. The Labute approximate surface area is 306 Å². The number of ether oxygens (including phenoxy) is 5. The zero-order valence-corrected chi connectivity index (χ0v) is 30.4. The van der Waals surface area contributed by atoms with Gasteiger partial charge >= 0.3 is 12.1 Å². The van der Waals surface area contributed by atoms with Crippen LogP contribution in [0.3, 0.4) is 0 Å². The molecule has 4 aromatic rings. The summed E-state index contributed by atoms with van der Waals surface area (Å²) in [6.45, 7) is 7.86. The highest BCUT2D eigenvalue weighted by Crippen LogP contribution is 2.46. The Kier molecular flexibility index (Phi) is 8.26. The molecule has 5 atom stereocenters. The summed E-state index contributed by atoms with van der Waals surface area (Å²) in [4.78, 5) is 34.8. The van der Waals surface area contributed by atoms with E-state index >= 15 is 4.39 Å². The minimum atomic E-state index is -0.897. The first kappa shape index (κ1) is 34.2. The topological polar surface area (TPSA) is 112 Å². The van der Waals surface area contributed by atoms with Gasteiger partial charge in [0.15, 0.2) is 6.79 Å². The maximum absolute atomic E-state index is 15.6. The van der Waals surface area contributed by atoms with Crippen molar-refractivity contribution in [1.82, 2.24) is 24.8 Å². The Hall–Kier alpha value is -4.56. The number of pyridine rings is 1. The third-order valence-corrected chi connectivity index (χ3v) is 11.4. The summed E-state index contributed by atoms with van der Waals surface area (Å²) in [5.74, 6) is 0.985. The molecule has 53 heavy (non-hydrogen) atoms. The number of piperazine rings is 1. The molecule has 2 aromatic heterocycles. The highest BCUT2D eigenvalue weighted by atomic mass is 19.1. The highest BCUT2D eigenvalue weighted by molar-refractivity contribution is 6.01. The van der Waals surface area contributed by atoms with Gasteiger partial charge in [-0.05, 0) is 82.7 Å². The second kappa shape index (κ2) is 12.8. The van der Waals surface area contributed by atoms with E-state index < -0.39 is 23.1 Å². The van der Waals surface area contributed by atoms with Gasteiger partial charge in [-0.1, -0.05) is 12.1 Å². The zero-order valence-electron chi connectivity index (χ0n) is 30.4. The lowest BCUT2D eigenvalue weighted by atomic mass is 9.95. The van der Waals surface area contributed by atoms with E-state index in [1.807, 2.05) is 31.7 Å². The summed E-state index contributed by atoms with van der Waals surface area (Å²) >= 11 is 0. The molecule has 4 fully saturated rings. The number of halogens is 2. The van der Waals surface area contributed by atoms with Gasteiger partial charge in [0.1, 0.15) is 47.8 Å². The molecule has 5 aliphatic heterocycles. The summed E-state index contributed by atoms with van der Waals surface area (Å²) in [5.41, 5.74) is 0.392. The second-order valence-corrected chi connectivity index (χ2v) is 16.0. The van der Waals surface area contributed by atoms with Crippen LogP contribution in [-0.2, 0) is 9.47 Å². The molecular weight excluding hydrogens is 686 g/mol. The maximum atomic E-state index is 15.6. The Morgan fingerprint density at radius 1 is 1.06 bits per heavy atom. The average molecular weight is 731 g/mol. The van der Waals surface area contributed by atoms with Crippen LogP contribution in [-0.4, -0.2) is 113 Å². The maximum Gasteiger partial charge on any atom is 0.410 e. The van der Waals surface area contributed by atoms with Crippen molar-refractivity contribution in [1.29, 1.82) is 0 Å². The van der Waals surface area contributed by atoms with Crippen LogP contribution in [0.1, 0.15) is 52.9 Å². The van der Waals surface area contributed by atoms with Gasteiger partial charge < -0.3 is 28.6 Å². The van der Waals surface area contributed by atoms with E-state index in [9.17, 15) is 9.18 Å². The quantitative estimate of drug-likeness (QED) is 0.201. The molecule has 7 heterocycles. The van der Waals surface area contributed by atoms with Crippen molar-refractivity contribution >= 4 is 33.6 Å². The number of fused-ring (bicyclic) bond motifs is 7. The van der Waals surface area contributed by atoms with Crippen LogP contribution < -0.4 is 19.1 Å². The van der Waals surface area contributed by atoms with Gasteiger partial charge in [0.05, 0.1) is 34.9 Å². The normalized spacial score (nSPS) is 26.4. The van der Waals surface area contributed by atoms with Crippen LogP contribution in [0.2, 0.25) is 0 Å². The lowest BCUT2D eigenvalue weighted by Gasteiger charge is -2.46. The third-order valence-electron chi connectivity index (χ3n) is 11.4. The summed E-state index contributed by atoms with van der Waals surface area (Å²) in [6.07, 6.45) is 2.61. The Morgan fingerprint density at radius 3 is 2.75 bits per heavy atom. The molecule has 0 spiro atoms. The number of rotatable bonds is 7. The standard InChI is InChI=1S/C39H44F2N6O6/c1-38(2,3)53-37(48)47-24-9-10-30(47)31-19-50-35-33-29(15-28(42-35)26-14-25(52-21-49-4)13-22-7-5-8-27(41)32(22)26)43-36(44-34(33)46(31)18-24)51-20-39-11-6-12-45(39)17-23(40)16-39/h5,7-8,13-15,23-24,30-31H,6,9-12,16-21H2,1-4H3/t23-,24-,30+,31-,39+/m1/s1. The number of benzene rings is 2. The van der Waals surface area contributed by atoms with Crippen molar-refractivity contribution in [2.24, 2.45) is 0 Å². The average Bonchev–Trinajstić information content (AvgIpc) is 3.72. The first-order valence-corrected chi connectivity index (χ1v) is 18.5. The van der Waals surface area contributed by atoms with E-state index in [0.717, 1.165) is 32.2 Å². The predicted octanol–water partition coefficient (Wildman–Crippen LogP) is 6.27. The van der Waals surface area contributed by atoms with E-state index in [0.29, 0.717) is 69.9 Å². The molecule has 280 valence electrons. The van der Waals surface area contributed by atoms with Crippen LogP contribution >= 0.6 is 0 Å². The number of methoxy groups -OCH3 is 1. The molecule has 4 saturated heterocycles. The predicted molar refractivity (Wildman–Crippen MR) is 193 cm³/mol. The molecule has 2 aromatic carbocycles. The van der Waals surface area contributed by atoms with Gasteiger partial charge in [0.25, 0.3) is 0 Å². The highest BCUT2D eigenvalue weighted by Gasteiger charge is 2.52. The minimum Gasteiger partial charge on any atom is -0.475 e.